The van der Waals surface area contributed by atoms with Crippen LogP contribution in [0.2, 0.25) is 0 Å². The fourth-order valence-corrected chi connectivity index (χ4v) is 1.81. The average Bonchev–Trinajstić information content (AvgIpc) is 2.39. The van der Waals surface area contributed by atoms with Gasteiger partial charge in [0.25, 0.3) is 0 Å². The standard InChI is InChI=1S/C13H27N3O3/c1-9(2)8-11(15-4)12(17)16-7-6-10(14-3)13(18)19-5/h9-11,14-15H,6-8H2,1-5H3,(H,16,17). The number of ether oxygens (including phenoxy) is 1. The van der Waals surface area contributed by atoms with Crippen molar-refractivity contribution in [1.82, 2.24) is 16.0 Å². The lowest BCUT2D eigenvalue weighted by atomic mass is 10.0. The van der Waals surface area contributed by atoms with Crippen LogP contribution in [0.3, 0.4) is 0 Å². The van der Waals surface area contributed by atoms with Crippen molar-refractivity contribution in [2.45, 2.75) is 38.8 Å². The number of carbonyl (C=O) groups excluding carboxylic acids is 2. The zero-order chi connectivity index (χ0) is 14.8. The van der Waals surface area contributed by atoms with Gasteiger partial charge in [-0.3, -0.25) is 9.59 Å². The van der Waals surface area contributed by atoms with Crippen LogP contribution in [-0.4, -0.2) is 51.7 Å². The lowest BCUT2D eigenvalue weighted by Gasteiger charge is -2.19. The molecule has 0 aromatic heterocycles. The average molecular weight is 273 g/mol. The molecule has 0 heterocycles. The predicted octanol–water partition coefficient (Wildman–Crippen LogP) is -0.112. The van der Waals surface area contributed by atoms with Crippen molar-refractivity contribution in [3.05, 3.63) is 0 Å². The molecule has 6 nitrogen and oxygen atoms in total. The molecular weight excluding hydrogens is 246 g/mol. The number of hydrogen-bond acceptors (Lipinski definition) is 5. The zero-order valence-corrected chi connectivity index (χ0v) is 12.6. The molecular formula is C13H27N3O3. The summed E-state index contributed by atoms with van der Waals surface area (Å²) in [7, 11) is 4.82. The molecule has 0 aliphatic carbocycles. The van der Waals surface area contributed by atoms with Crippen molar-refractivity contribution in [3.63, 3.8) is 0 Å². The normalized spacial score (nSPS) is 14.0. The molecule has 112 valence electrons. The Morgan fingerprint density at radius 2 is 1.68 bits per heavy atom. The van der Waals surface area contributed by atoms with Crippen LogP contribution in [0.15, 0.2) is 0 Å². The van der Waals surface area contributed by atoms with E-state index < -0.39 is 0 Å². The molecule has 0 rings (SSSR count). The highest BCUT2D eigenvalue weighted by atomic mass is 16.5. The predicted molar refractivity (Wildman–Crippen MR) is 74.8 cm³/mol. The van der Waals surface area contributed by atoms with Crippen molar-refractivity contribution in [2.24, 2.45) is 5.92 Å². The van der Waals surface area contributed by atoms with Gasteiger partial charge in [0.1, 0.15) is 6.04 Å². The third kappa shape index (κ3) is 7.12. The topological polar surface area (TPSA) is 79.5 Å². The second kappa shape index (κ2) is 9.75. The zero-order valence-electron chi connectivity index (χ0n) is 12.6. The molecule has 3 N–H and O–H groups in total. The second-order valence-corrected chi connectivity index (χ2v) is 4.91. The summed E-state index contributed by atoms with van der Waals surface area (Å²) in [5.74, 6) is 0.100. The van der Waals surface area contributed by atoms with E-state index in [0.29, 0.717) is 18.9 Å². The summed E-state index contributed by atoms with van der Waals surface area (Å²) in [6.45, 7) is 4.59. The van der Waals surface area contributed by atoms with Crippen LogP contribution in [0.4, 0.5) is 0 Å². The number of hydrogen-bond donors (Lipinski definition) is 3. The van der Waals surface area contributed by atoms with E-state index in [1.165, 1.54) is 7.11 Å². The lowest BCUT2D eigenvalue weighted by Crippen LogP contribution is -2.45. The Morgan fingerprint density at radius 3 is 2.11 bits per heavy atom. The number of amides is 1. The van der Waals surface area contributed by atoms with Gasteiger partial charge >= 0.3 is 5.97 Å². The monoisotopic (exact) mass is 273 g/mol. The van der Waals surface area contributed by atoms with E-state index in [1.807, 2.05) is 0 Å². The summed E-state index contributed by atoms with van der Waals surface area (Å²) in [5.41, 5.74) is 0. The number of nitrogens with one attached hydrogen (secondary N) is 3. The summed E-state index contributed by atoms with van der Waals surface area (Å²) < 4.78 is 4.66. The third-order valence-electron chi connectivity index (χ3n) is 2.94. The summed E-state index contributed by atoms with van der Waals surface area (Å²) in [6.07, 6.45) is 1.29. The molecule has 2 unspecified atom stereocenters. The summed E-state index contributed by atoms with van der Waals surface area (Å²) >= 11 is 0. The van der Waals surface area contributed by atoms with Crippen LogP contribution in [0, 0.1) is 5.92 Å². The van der Waals surface area contributed by atoms with Gasteiger partial charge in [-0.2, -0.15) is 0 Å². The molecule has 19 heavy (non-hydrogen) atoms. The molecule has 0 saturated heterocycles. The van der Waals surface area contributed by atoms with Crippen molar-refractivity contribution >= 4 is 11.9 Å². The van der Waals surface area contributed by atoms with Crippen LogP contribution in [-0.2, 0) is 14.3 Å². The Balaban J connectivity index is 4.10. The Labute approximate surface area is 115 Å². The van der Waals surface area contributed by atoms with Gasteiger partial charge < -0.3 is 20.7 Å². The Morgan fingerprint density at radius 1 is 1.11 bits per heavy atom. The van der Waals surface area contributed by atoms with E-state index in [-0.39, 0.29) is 24.0 Å². The number of likely N-dealkylation sites (N-methyl/N-ethyl adjacent to an activating group) is 2. The van der Waals surface area contributed by atoms with Crippen LogP contribution in [0.1, 0.15) is 26.7 Å². The smallest absolute Gasteiger partial charge is 0.322 e. The number of methoxy groups -OCH3 is 1. The van der Waals surface area contributed by atoms with Gasteiger partial charge in [0.2, 0.25) is 5.91 Å². The fraction of sp³-hybridized carbons (Fsp3) is 0.846. The van der Waals surface area contributed by atoms with Gasteiger partial charge in [0.05, 0.1) is 13.2 Å². The summed E-state index contributed by atoms with van der Waals surface area (Å²) in [5, 5.41) is 8.69. The molecule has 2 atom stereocenters. The Hall–Kier alpha value is -1.14. The summed E-state index contributed by atoms with van der Waals surface area (Å²) in [4.78, 5) is 23.3. The van der Waals surface area contributed by atoms with Crippen molar-refractivity contribution in [2.75, 3.05) is 27.7 Å². The van der Waals surface area contributed by atoms with Gasteiger partial charge in [-0.25, -0.2) is 0 Å². The van der Waals surface area contributed by atoms with Crippen molar-refractivity contribution in [3.8, 4) is 0 Å². The lowest BCUT2D eigenvalue weighted by molar-refractivity contribution is -0.143. The van der Waals surface area contributed by atoms with Crippen LogP contribution in [0.25, 0.3) is 0 Å². The van der Waals surface area contributed by atoms with Crippen molar-refractivity contribution < 1.29 is 14.3 Å². The van der Waals surface area contributed by atoms with Gasteiger partial charge in [0.15, 0.2) is 0 Å². The largest absolute Gasteiger partial charge is 0.468 e. The number of carbonyl (C=O) groups is 2. The molecule has 0 aliphatic rings. The molecule has 6 heteroatoms. The van der Waals surface area contributed by atoms with Gasteiger partial charge in [-0.15, -0.1) is 0 Å². The summed E-state index contributed by atoms with van der Waals surface area (Å²) in [6, 6.07) is -0.574. The van der Waals surface area contributed by atoms with E-state index in [1.54, 1.807) is 14.1 Å². The maximum atomic E-state index is 11.9. The van der Waals surface area contributed by atoms with Crippen LogP contribution in [0.5, 0.6) is 0 Å². The maximum absolute atomic E-state index is 11.9. The van der Waals surface area contributed by atoms with E-state index in [4.69, 9.17) is 0 Å². The minimum Gasteiger partial charge on any atom is -0.468 e. The molecule has 0 bridgehead atoms. The second-order valence-electron chi connectivity index (χ2n) is 4.91. The molecule has 0 fully saturated rings. The highest BCUT2D eigenvalue weighted by molar-refractivity contribution is 5.81. The van der Waals surface area contributed by atoms with Gasteiger partial charge in [-0.05, 0) is 32.9 Å². The molecule has 0 radical (unpaired) electrons. The Bertz CT molecular complexity index is 282. The van der Waals surface area contributed by atoms with E-state index in [2.05, 4.69) is 34.5 Å². The first-order valence-corrected chi connectivity index (χ1v) is 6.66. The SMILES string of the molecule is CNC(CC(C)C)C(=O)NCCC(NC)C(=O)OC. The first-order chi connectivity index (χ1) is 8.96. The van der Waals surface area contributed by atoms with E-state index >= 15 is 0 Å². The Kier molecular flexibility index (Phi) is 9.16. The van der Waals surface area contributed by atoms with Crippen molar-refractivity contribution in [1.29, 1.82) is 0 Å². The quantitative estimate of drug-likeness (QED) is 0.511. The maximum Gasteiger partial charge on any atom is 0.322 e. The minimum absolute atomic E-state index is 0.0316. The van der Waals surface area contributed by atoms with Gasteiger partial charge in [-0.1, -0.05) is 13.8 Å². The van der Waals surface area contributed by atoms with E-state index in [9.17, 15) is 9.59 Å². The first kappa shape index (κ1) is 17.9. The highest BCUT2D eigenvalue weighted by Crippen LogP contribution is 2.04. The van der Waals surface area contributed by atoms with E-state index in [0.717, 1.165) is 6.42 Å². The first-order valence-electron chi connectivity index (χ1n) is 6.66. The number of rotatable bonds is 9. The number of esters is 1. The molecule has 0 aromatic rings. The molecule has 0 saturated carbocycles. The molecule has 0 spiro atoms. The molecule has 0 aliphatic heterocycles. The molecule has 1 amide bonds. The fourth-order valence-electron chi connectivity index (χ4n) is 1.81. The molecule has 0 aromatic carbocycles. The highest BCUT2D eigenvalue weighted by Gasteiger charge is 2.19. The third-order valence-corrected chi connectivity index (χ3v) is 2.94. The van der Waals surface area contributed by atoms with Crippen LogP contribution >= 0.6 is 0 Å². The minimum atomic E-state index is -0.386. The van der Waals surface area contributed by atoms with Crippen LogP contribution < -0.4 is 16.0 Å². The van der Waals surface area contributed by atoms with Gasteiger partial charge in [0, 0.05) is 6.54 Å².